The maximum atomic E-state index is 4.18. The lowest BCUT2D eigenvalue weighted by Gasteiger charge is -2.12. The second-order valence-electron chi connectivity index (χ2n) is 3.48. The van der Waals surface area contributed by atoms with Crippen molar-refractivity contribution >= 4 is 11.8 Å². The fourth-order valence-corrected chi connectivity index (χ4v) is 2.00. The first-order valence-electron chi connectivity index (χ1n) is 4.94. The molecule has 0 spiro atoms. The van der Waals surface area contributed by atoms with Crippen LogP contribution in [-0.4, -0.2) is 34.1 Å². The van der Waals surface area contributed by atoms with Gasteiger partial charge >= 0.3 is 0 Å². The summed E-state index contributed by atoms with van der Waals surface area (Å²) in [4.78, 5) is 4.18. The summed E-state index contributed by atoms with van der Waals surface area (Å²) >= 11 is 1.88. The molecule has 14 heavy (non-hydrogen) atoms. The van der Waals surface area contributed by atoms with E-state index in [9.17, 15) is 0 Å². The Bertz CT molecular complexity index is 260. The molecule has 0 saturated carbocycles. The van der Waals surface area contributed by atoms with Crippen molar-refractivity contribution < 1.29 is 0 Å². The monoisotopic (exact) mass is 213 g/mol. The molecule has 1 unspecified atom stereocenters. The van der Waals surface area contributed by atoms with Crippen molar-refractivity contribution in [3.05, 3.63) is 18.2 Å². The number of hydrogen-bond acceptors (Lipinski definition) is 3. The van der Waals surface area contributed by atoms with E-state index < -0.39 is 0 Å². The highest BCUT2D eigenvalue weighted by molar-refractivity contribution is 7.98. The van der Waals surface area contributed by atoms with Gasteiger partial charge in [0.1, 0.15) is 5.82 Å². The summed E-state index contributed by atoms with van der Waals surface area (Å²) in [5.41, 5.74) is 0. The number of aromatic nitrogens is 2. The first-order valence-corrected chi connectivity index (χ1v) is 6.33. The SMILES string of the molecule is CSCC(C)NCCn1ccnc1C. The zero-order valence-electron chi connectivity index (χ0n) is 9.16. The molecule has 3 nitrogen and oxygen atoms in total. The van der Waals surface area contributed by atoms with Crippen LogP contribution >= 0.6 is 11.8 Å². The minimum Gasteiger partial charge on any atom is -0.334 e. The van der Waals surface area contributed by atoms with Crippen LogP contribution in [0.4, 0.5) is 0 Å². The van der Waals surface area contributed by atoms with Crippen LogP contribution in [0.25, 0.3) is 0 Å². The van der Waals surface area contributed by atoms with E-state index in [1.807, 2.05) is 31.1 Å². The third-order valence-corrected chi connectivity index (χ3v) is 3.02. The minimum atomic E-state index is 0.592. The first kappa shape index (κ1) is 11.6. The Kier molecular flexibility index (Phi) is 5.04. The Morgan fingerprint density at radius 1 is 1.64 bits per heavy atom. The van der Waals surface area contributed by atoms with E-state index >= 15 is 0 Å². The van der Waals surface area contributed by atoms with Gasteiger partial charge in [0.2, 0.25) is 0 Å². The fraction of sp³-hybridized carbons (Fsp3) is 0.700. The maximum absolute atomic E-state index is 4.18. The molecule has 1 aromatic heterocycles. The van der Waals surface area contributed by atoms with Crippen LogP contribution in [0.3, 0.4) is 0 Å². The molecule has 0 radical (unpaired) electrons. The van der Waals surface area contributed by atoms with E-state index in [-0.39, 0.29) is 0 Å². The normalized spacial score (nSPS) is 13.1. The average molecular weight is 213 g/mol. The number of imidazole rings is 1. The molecule has 0 fully saturated rings. The van der Waals surface area contributed by atoms with Crippen LogP contribution < -0.4 is 5.32 Å². The lowest BCUT2D eigenvalue weighted by atomic mass is 10.4. The van der Waals surface area contributed by atoms with Crippen LogP contribution in [0.1, 0.15) is 12.7 Å². The van der Waals surface area contributed by atoms with Gasteiger partial charge in [0.05, 0.1) is 0 Å². The lowest BCUT2D eigenvalue weighted by Crippen LogP contribution is -2.31. The van der Waals surface area contributed by atoms with E-state index in [1.165, 1.54) is 5.75 Å². The lowest BCUT2D eigenvalue weighted by molar-refractivity contribution is 0.540. The fourth-order valence-electron chi connectivity index (χ4n) is 1.38. The van der Waals surface area contributed by atoms with Crippen molar-refractivity contribution in [1.82, 2.24) is 14.9 Å². The van der Waals surface area contributed by atoms with Gasteiger partial charge < -0.3 is 9.88 Å². The van der Waals surface area contributed by atoms with Crippen molar-refractivity contribution in [2.45, 2.75) is 26.4 Å². The molecule has 0 bridgehead atoms. The molecular weight excluding hydrogens is 194 g/mol. The van der Waals surface area contributed by atoms with Gasteiger partial charge in [0.15, 0.2) is 0 Å². The van der Waals surface area contributed by atoms with Crippen LogP contribution in [0, 0.1) is 6.92 Å². The van der Waals surface area contributed by atoms with E-state index in [1.54, 1.807) is 0 Å². The van der Waals surface area contributed by atoms with Crippen molar-refractivity contribution in [3.63, 3.8) is 0 Å². The molecule has 0 aromatic carbocycles. The number of hydrogen-bond donors (Lipinski definition) is 1. The summed E-state index contributed by atoms with van der Waals surface area (Å²) in [5, 5.41) is 3.48. The molecule has 0 aliphatic carbocycles. The topological polar surface area (TPSA) is 29.9 Å². The maximum Gasteiger partial charge on any atom is 0.105 e. The molecular formula is C10H19N3S. The van der Waals surface area contributed by atoms with Crippen molar-refractivity contribution in [1.29, 1.82) is 0 Å². The number of nitrogens with zero attached hydrogens (tertiary/aromatic N) is 2. The Balaban J connectivity index is 2.19. The summed E-state index contributed by atoms with van der Waals surface area (Å²) in [7, 11) is 0. The predicted molar refractivity (Wildman–Crippen MR) is 62.8 cm³/mol. The Labute approximate surface area is 90.3 Å². The molecule has 1 atom stereocenters. The second-order valence-corrected chi connectivity index (χ2v) is 4.39. The van der Waals surface area contributed by atoms with Gasteiger partial charge in [-0.3, -0.25) is 0 Å². The highest BCUT2D eigenvalue weighted by Gasteiger charge is 2.00. The highest BCUT2D eigenvalue weighted by Crippen LogP contribution is 1.97. The third-order valence-electron chi connectivity index (χ3n) is 2.19. The molecule has 0 aliphatic rings. The van der Waals surface area contributed by atoms with Gasteiger partial charge in [-0.15, -0.1) is 0 Å². The van der Waals surface area contributed by atoms with Crippen molar-refractivity contribution in [2.24, 2.45) is 0 Å². The average Bonchev–Trinajstić information content (AvgIpc) is 2.52. The summed E-state index contributed by atoms with van der Waals surface area (Å²) in [6.45, 7) is 6.27. The summed E-state index contributed by atoms with van der Waals surface area (Å²) in [6.07, 6.45) is 6.01. The van der Waals surface area contributed by atoms with Gasteiger partial charge in [-0.05, 0) is 20.1 Å². The molecule has 0 amide bonds. The number of rotatable bonds is 6. The van der Waals surface area contributed by atoms with E-state index in [2.05, 4.69) is 28.0 Å². The number of nitrogens with one attached hydrogen (secondary N) is 1. The molecule has 4 heteroatoms. The van der Waals surface area contributed by atoms with E-state index in [0.717, 1.165) is 18.9 Å². The van der Waals surface area contributed by atoms with E-state index in [0.29, 0.717) is 6.04 Å². The molecule has 1 aromatic rings. The zero-order valence-corrected chi connectivity index (χ0v) is 9.97. The first-order chi connectivity index (χ1) is 6.74. The molecule has 0 aliphatic heterocycles. The quantitative estimate of drug-likeness (QED) is 0.777. The van der Waals surface area contributed by atoms with E-state index in [4.69, 9.17) is 0 Å². The molecule has 1 N–H and O–H groups in total. The Hall–Kier alpha value is -0.480. The van der Waals surface area contributed by atoms with Crippen LogP contribution in [0.15, 0.2) is 12.4 Å². The summed E-state index contributed by atoms with van der Waals surface area (Å²) < 4.78 is 2.17. The number of thioether (sulfide) groups is 1. The second kappa shape index (κ2) is 6.09. The van der Waals surface area contributed by atoms with Crippen molar-refractivity contribution in [2.75, 3.05) is 18.6 Å². The summed E-state index contributed by atoms with van der Waals surface area (Å²) in [6, 6.07) is 0.592. The molecule has 1 heterocycles. The Morgan fingerprint density at radius 3 is 3.00 bits per heavy atom. The largest absolute Gasteiger partial charge is 0.334 e. The predicted octanol–water partition coefficient (Wildman–Crippen LogP) is 1.53. The standard InChI is InChI=1S/C10H19N3S/c1-9(8-14-3)11-4-6-13-7-5-12-10(13)2/h5,7,9,11H,4,6,8H2,1-3H3. The third kappa shape index (κ3) is 3.72. The van der Waals surface area contributed by atoms with Gasteiger partial charge in [0.25, 0.3) is 0 Å². The van der Waals surface area contributed by atoms with Crippen LogP contribution in [-0.2, 0) is 6.54 Å². The van der Waals surface area contributed by atoms with Crippen LogP contribution in [0.2, 0.25) is 0 Å². The Morgan fingerprint density at radius 2 is 2.43 bits per heavy atom. The van der Waals surface area contributed by atoms with Crippen LogP contribution in [0.5, 0.6) is 0 Å². The molecule has 0 saturated heterocycles. The highest BCUT2D eigenvalue weighted by atomic mass is 32.2. The van der Waals surface area contributed by atoms with Gasteiger partial charge in [-0.1, -0.05) is 0 Å². The summed E-state index contributed by atoms with van der Waals surface area (Å²) in [5.74, 6) is 2.26. The molecule has 80 valence electrons. The zero-order chi connectivity index (χ0) is 10.4. The number of aryl methyl sites for hydroxylation is 1. The molecule has 1 rings (SSSR count). The van der Waals surface area contributed by atoms with Crippen molar-refractivity contribution in [3.8, 4) is 0 Å². The minimum absolute atomic E-state index is 0.592. The van der Waals surface area contributed by atoms with Gasteiger partial charge in [-0.25, -0.2) is 4.98 Å². The van der Waals surface area contributed by atoms with Gasteiger partial charge in [0, 0.05) is 37.3 Å². The smallest absolute Gasteiger partial charge is 0.105 e. The van der Waals surface area contributed by atoms with Gasteiger partial charge in [-0.2, -0.15) is 11.8 Å².